The van der Waals surface area contributed by atoms with E-state index in [9.17, 15) is 9.59 Å². The summed E-state index contributed by atoms with van der Waals surface area (Å²) in [4.78, 5) is 25.7. The van der Waals surface area contributed by atoms with Crippen LogP contribution < -0.4 is 14.8 Å². The summed E-state index contributed by atoms with van der Waals surface area (Å²) >= 11 is 0. The zero-order chi connectivity index (χ0) is 17.7. The van der Waals surface area contributed by atoms with Crippen molar-refractivity contribution in [3.05, 3.63) is 17.7 Å². The van der Waals surface area contributed by atoms with E-state index >= 15 is 0 Å². The van der Waals surface area contributed by atoms with Crippen LogP contribution in [0, 0.1) is 23.7 Å². The molecule has 2 bridgehead atoms. The number of anilines is 1. The van der Waals surface area contributed by atoms with Gasteiger partial charge in [0.1, 0.15) is 11.2 Å². The first kappa shape index (κ1) is 16.8. The molecular weight excluding hydrogens is 306 g/mol. The number of methoxy groups -OCH3 is 2. The lowest BCUT2D eigenvalue weighted by atomic mass is 9.68. The Morgan fingerprint density at radius 2 is 1.83 bits per heavy atom. The number of hydrogen-bond donors (Lipinski definition) is 1. The fraction of sp³-hybridized carbons (Fsp3) is 0.579. The molecule has 2 unspecified atom stereocenters. The number of fused-ring (bicyclic) bond motifs is 2. The van der Waals surface area contributed by atoms with Crippen molar-refractivity contribution in [2.45, 2.75) is 40.0 Å². The molecule has 1 N–H and O–H groups in total. The summed E-state index contributed by atoms with van der Waals surface area (Å²) in [5, 5.41) is 2.99. The van der Waals surface area contributed by atoms with Crippen LogP contribution in [0.5, 0.6) is 11.5 Å². The molecule has 1 aromatic rings. The maximum atomic E-state index is 13.1. The van der Waals surface area contributed by atoms with E-state index in [1.54, 1.807) is 20.3 Å². The van der Waals surface area contributed by atoms with E-state index in [0.717, 1.165) is 12.0 Å². The second-order valence-electron chi connectivity index (χ2n) is 7.47. The van der Waals surface area contributed by atoms with Crippen LogP contribution in [0.25, 0.3) is 0 Å². The summed E-state index contributed by atoms with van der Waals surface area (Å²) in [6.07, 6.45) is 2.10. The molecule has 3 rings (SSSR count). The van der Waals surface area contributed by atoms with Gasteiger partial charge in [0, 0.05) is 18.2 Å². The van der Waals surface area contributed by atoms with Crippen molar-refractivity contribution in [3.63, 3.8) is 0 Å². The van der Waals surface area contributed by atoms with Gasteiger partial charge in [0.05, 0.1) is 14.2 Å². The standard InChI is InChI=1S/C19H25NO4/c1-11-8-14(23-4)15(24-5)10-13(11)20-17(22)19-7-6-12(9-16(19)21)18(19,2)3/h8,10,12H,6-7,9H2,1-5H3,(H,20,22). The molecule has 2 atom stereocenters. The van der Waals surface area contributed by atoms with Gasteiger partial charge in [-0.3, -0.25) is 9.59 Å². The predicted octanol–water partition coefficient (Wildman–Crippen LogP) is 3.35. The van der Waals surface area contributed by atoms with Crippen molar-refractivity contribution in [3.8, 4) is 11.5 Å². The van der Waals surface area contributed by atoms with E-state index in [1.807, 2.05) is 13.0 Å². The maximum absolute atomic E-state index is 13.1. The maximum Gasteiger partial charge on any atom is 0.238 e. The van der Waals surface area contributed by atoms with Crippen molar-refractivity contribution in [2.24, 2.45) is 16.7 Å². The summed E-state index contributed by atoms with van der Waals surface area (Å²) < 4.78 is 10.6. The molecule has 130 valence electrons. The molecule has 1 amide bonds. The van der Waals surface area contributed by atoms with Crippen molar-refractivity contribution in [2.75, 3.05) is 19.5 Å². The van der Waals surface area contributed by atoms with Gasteiger partial charge in [-0.1, -0.05) is 13.8 Å². The second kappa shape index (κ2) is 5.50. The van der Waals surface area contributed by atoms with Gasteiger partial charge in [-0.15, -0.1) is 0 Å². The number of benzene rings is 1. The number of amides is 1. The van der Waals surface area contributed by atoms with E-state index < -0.39 is 5.41 Å². The topological polar surface area (TPSA) is 64.6 Å². The van der Waals surface area contributed by atoms with Crippen LogP contribution in [0.2, 0.25) is 0 Å². The molecular formula is C19H25NO4. The number of ether oxygens (including phenoxy) is 2. The fourth-order valence-corrected chi connectivity index (χ4v) is 4.55. The Kier molecular flexibility index (Phi) is 3.85. The lowest BCUT2D eigenvalue weighted by Crippen LogP contribution is -2.46. The van der Waals surface area contributed by atoms with Crippen LogP contribution in [-0.4, -0.2) is 25.9 Å². The lowest BCUT2D eigenvalue weighted by Gasteiger charge is -2.35. The average Bonchev–Trinajstić information content (AvgIpc) is 2.91. The van der Waals surface area contributed by atoms with Crippen LogP contribution >= 0.6 is 0 Å². The van der Waals surface area contributed by atoms with Gasteiger partial charge < -0.3 is 14.8 Å². The second-order valence-corrected chi connectivity index (χ2v) is 7.47. The number of hydrogen-bond acceptors (Lipinski definition) is 4. The minimum absolute atomic E-state index is 0.0828. The molecule has 0 heterocycles. The lowest BCUT2D eigenvalue weighted by molar-refractivity contribution is -0.141. The van der Waals surface area contributed by atoms with Gasteiger partial charge in [0.2, 0.25) is 5.91 Å². The predicted molar refractivity (Wildman–Crippen MR) is 91.5 cm³/mol. The quantitative estimate of drug-likeness (QED) is 0.859. The Hall–Kier alpha value is -2.04. The highest BCUT2D eigenvalue weighted by Crippen LogP contribution is 2.64. The molecule has 0 spiro atoms. The molecule has 5 heteroatoms. The smallest absolute Gasteiger partial charge is 0.238 e. The van der Waals surface area contributed by atoms with Gasteiger partial charge in [0.25, 0.3) is 0 Å². The van der Waals surface area contributed by atoms with E-state index in [4.69, 9.17) is 9.47 Å². The van der Waals surface area contributed by atoms with Crippen molar-refractivity contribution in [1.82, 2.24) is 0 Å². The summed E-state index contributed by atoms with van der Waals surface area (Å²) in [5.41, 5.74) is 0.330. The molecule has 24 heavy (non-hydrogen) atoms. The molecule has 2 saturated carbocycles. The molecule has 1 aromatic carbocycles. The van der Waals surface area contributed by atoms with Gasteiger partial charge in [-0.05, 0) is 42.7 Å². The molecule has 0 aliphatic heterocycles. The zero-order valence-corrected chi connectivity index (χ0v) is 15.0. The SMILES string of the molecule is COc1cc(C)c(NC(=O)C23CCC(CC2=O)C3(C)C)cc1OC. The Balaban J connectivity index is 1.95. The summed E-state index contributed by atoms with van der Waals surface area (Å²) in [7, 11) is 3.13. The van der Waals surface area contributed by atoms with Gasteiger partial charge >= 0.3 is 0 Å². The summed E-state index contributed by atoms with van der Waals surface area (Å²) in [6.45, 7) is 6.00. The first-order valence-corrected chi connectivity index (χ1v) is 8.35. The van der Waals surface area contributed by atoms with Crippen LogP contribution in [0.1, 0.15) is 38.7 Å². The number of ketones is 1. The third-order valence-corrected chi connectivity index (χ3v) is 6.26. The molecule has 0 radical (unpaired) electrons. The Morgan fingerprint density at radius 1 is 1.21 bits per heavy atom. The first-order valence-electron chi connectivity index (χ1n) is 8.35. The van der Waals surface area contributed by atoms with Crippen LogP contribution in [0.3, 0.4) is 0 Å². The number of rotatable bonds is 4. The van der Waals surface area contributed by atoms with Gasteiger partial charge in [-0.25, -0.2) is 0 Å². The molecule has 0 saturated heterocycles. The minimum Gasteiger partial charge on any atom is -0.493 e. The summed E-state index contributed by atoms with van der Waals surface area (Å²) in [5.74, 6) is 1.37. The molecule has 0 aromatic heterocycles. The Labute approximate surface area is 142 Å². The number of Topliss-reactive ketones (excluding diaryl/α,β-unsaturated/α-hetero) is 1. The van der Waals surface area contributed by atoms with Crippen molar-refractivity contribution in [1.29, 1.82) is 0 Å². The van der Waals surface area contributed by atoms with E-state index in [2.05, 4.69) is 19.2 Å². The minimum atomic E-state index is -0.905. The van der Waals surface area contributed by atoms with E-state index in [1.165, 1.54) is 0 Å². The number of carbonyl (C=O) groups excluding carboxylic acids is 2. The Bertz CT molecular complexity index is 710. The monoisotopic (exact) mass is 331 g/mol. The van der Waals surface area contributed by atoms with Crippen molar-refractivity contribution >= 4 is 17.4 Å². The fourth-order valence-electron chi connectivity index (χ4n) is 4.55. The number of carbonyl (C=O) groups is 2. The third-order valence-electron chi connectivity index (χ3n) is 6.26. The van der Waals surface area contributed by atoms with E-state index in [-0.39, 0.29) is 17.1 Å². The molecule has 2 aliphatic rings. The van der Waals surface area contributed by atoms with Gasteiger partial charge in [-0.2, -0.15) is 0 Å². The molecule has 2 fully saturated rings. The van der Waals surface area contributed by atoms with Gasteiger partial charge in [0.15, 0.2) is 11.5 Å². The van der Waals surface area contributed by atoms with Crippen LogP contribution in [0.15, 0.2) is 12.1 Å². The first-order chi connectivity index (χ1) is 11.3. The third kappa shape index (κ3) is 2.06. The highest BCUT2D eigenvalue weighted by Gasteiger charge is 2.68. The highest BCUT2D eigenvalue weighted by atomic mass is 16.5. The highest BCUT2D eigenvalue weighted by molar-refractivity contribution is 6.14. The normalized spacial score (nSPS) is 27.2. The zero-order valence-electron chi connectivity index (χ0n) is 15.0. The van der Waals surface area contributed by atoms with E-state index in [0.29, 0.717) is 35.9 Å². The van der Waals surface area contributed by atoms with Crippen molar-refractivity contribution < 1.29 is 19.1 Å². The summed E-state index contributed by atoms with van der Waals surface area (Å²) in [6, 6.07) is 3.58. The number of aryl methyl sites for hydroxylation is 1. The Morgan fingerprint density at radius 3 is 2.33 bits per heavy atom. The average molecular weight is 331 g/mol. The largest absolute Gasteiger partial charge is 0.493 e. The number of nitrogens with one attached hydrogen (secondary N) is 1. The van der Waals surface area contributed by atoms with Crippen LogP contribution in [-0.2, 0) is 9.59 Å². The van der Waals surface area contributed by atoms with Crippen LogP contribution in [0.4, 0.5) is 5.69 Å². The molecule has 2 aliphatic carbocycles. The molecule has 5 nitrogen and oxygen atoms in total.